The van der Waals surface area contributed by atoms with Crippen LogP contribution in [-0.4, -0.2) is 58.3 Å². The fourth-order valence-electron chi connectivity index (χ4n) is 1.45. The van der Waals surface area contributed by atoms with Gasteiger partial charge in [0, 0.05) is 12.6 Å². The highest BCUT2D eigenvalue weighted by molar-refractivity contribution is 7.89. The van der Waals surface area contributed by atoms with Crippen molar-refractivity contribution in [3.05, 3.63) is 0 Å². The number of rotatable bonds is 11. The molecule has 0 heterocycles. The van der Waals surface area contributed by atoms with Crippen molar-refractivity contribution >= 4 is 10.0 Å². The summed E-state index contributed by atoms with van der Waals surface area (Å²) in [5, 5.41) is 3.12. The first-order valence-electron chi connectivity index (χ1n) is 6.77. The number of nitrogens with one attached hydrogen (secondary N) is 2. The van der Waals surface area contributed by atoms with Gasteiger partial charge in [-0.1, -0.05) is 6.92 Å². The van der Waals surface area contributed by atoms with Gasteiger partial charge in [-0.2, -0.15) is 0 Å². The van der Waals surface area contributed by atoms with Gasteiger partial charge >= 0.3 is 0 Å². The van der Waals surface area contributed by atoms with Crippen LogP contribution >= 0.6 is 0 Å². The van der Waals surface area contributed by atoms with E-state index >= 15 is 0 Å². The predicted molar refractivity (Wildman–Crippen MR) is 77.3 cm³/mol. The molecule has 0 unspecified atom stereocenters. The second-order valence-electron chi connectivity index (χ2n) is 4.85. The van der Waals surface area contributed by atoms with Crippen LogP contribution in [-0.2, 0) is 10.0 Å². The first-order chi connectivity index (χ1) is 8.39. The highest BCUT2D eigenvalue weighted by Crippen LogP contribution is 1.95. The molecule has 0 aliphatic carbocycles. The van der Waals surface area contributed by atoms with E-state index in [1.54, 1.807) is 0 Å². The van der Waals surface area contributed by atoms with Gasteiger partial charge in [-0.25, -0.2) is 13.1 Å². The topological polar surface area (TPSA) is 61.4 Å². The molecule has 0 atom stereocenters. The van der Waals surface area contributed by atoms with Crippen molar-refractivity contribution < 1.29 is 8.42 Å². The zero-order valence-electron chi connectivity index (χ0n) is 12.2. The van der Waals surface area contributed by atoms with E-state index in [2.05, 4.69) is 35.8 Å². The maximum absolute atomic E-state index is 11.6. The van der Waals surface area contributed by atoms with Crippen molar-refractivity contribution in [2.24, 2.45) is 0 Å². The van der Waals surface area contributed by atoms with E-state index in [9.17, 15) is 8.42 Å². The van der Waals surface area contributed by atoms with Crippen LogP contribution in [0.25, 0.3) is 0 Å². The van der Waals surface area contributed by atoms with Gasteiger partial charge in [0.15, 0.2) is 0 Å². The molecule has 0 aromatic rings. The minimum Gasteiger partial charge on any atom is -0.317 e. The molecule has 0 amide bonds. The van der Waals surface area contributed by atoms with Crippen LogP contribution in [0.1, 0.15) is 33.6 Å². The quantitative estimate of drug-likeness (QED) is 0.545. The molecule has 6 heteroatoms. The van der Waals surface area contributed by atoms with E-state index in [1.165, 1.54) is 0 Å². The van der Waals surface area contributed by atoms with Gasteiger partial charge in [0.25, 0.3) is 0 Å². The van der Waals surface area contributed by atoms with Gasteiger partial charge in [0.05, 0.1) is 5.75 Å². The summed E-state index contributed by atoms with van der Waals surface area (Å²) in [6.07, 6.45) is 1.51. The lowest BCUT2D eigenvalue weighted by Gasteiger charge is -2.20. The van der Waals surface area contributed by atoms with Crippen molar-refractivity contribution in [3.63, 3.8) is 0 Å². The van der Waals surface area contributed by atoms with Crippen LogP contribution in [0.3, 0.4) is 0 Å². The van der Waals surface area contributed by atoms with Gasteiger partial charge in [0.2, 0.25) is 10.0 Å². The summed E-state index contributed by atoms with van der Waals surface area (Å²) in [6.45, 7) is 9.36. The molecule has 0 bridgehead atoms. The Balaban J connectivity index is 3.64. The molecule has 18 heavy (non-hydrogen) atoms. The smallest absolute Gasteiger partial charge is 0.211 e. The largest absolute Gasteiger partial charge is 0.317 e. The molecule has 5 nitrogen and oxygen atoms in total. The van der Waals surface area contributed by atoms with E-state index in [4.69, 9.17) is 0 Å². The SMILES string of the molecule is CCNCCCS(=O)(=O)NCCCN(C)C(C)C. The maximum atomic E-state index is 11.6. The van der Waals surface area contributed by atoms with Crippen LogP contribution in [0.4, 0.5) is 0 Å². The number of hydrogen-bond acceptors (Lipinski definition) is 4. The molecule has 0 saturated heterocycles. The number of hydrogen-bond donors (Lipinski definition) is 2. The van der Waals surface area contributed by atoms with Crippen molar-refractivity contribution in [2.75, 3.05) is 39.0 Å². The van der Waals surface area contributed by atoms with Crippen LogP contribution in [0, 0.1) is 0 Å². The number of sulfonamides is 1. The van der Waals surface area contributed by atoms with E-state index in [1.807, 2.05) is 6.92 Å². The van der Waals surface area contributed by atoms with Crippen LogP contribution in [0.15, 0.2) is 0 Å². The van der Waals surface area contributed by atoms with Gasteiger partial charge in [-0.15, -0.1) is 0 Å². The summed E-state index contributed by atoms with van der Waals surface area (Å²) in [4.78, 5) is 2.21. The van der Waals surface area contributed by atoms with Crippen LogP contribution in [0.5, 0.6) is 0 Å². The Kier molecular flexibility index (Phi) is 9.63. The minimum absolute atomic E-state index is 0.208. The molecule has 0 aromatic heterocycles. The van der Waals surface area contributed by atoms with Crippen LogP contribution < -0.4 is 10.0 Å². The molecule has 0 spiro atoms. The molecule has 0 aromatic carbocycles. The molecule has 0 fully saturated rings. The Bertz CT molecular complexity index is 292. The third-order valence-corrected chi connectivity index (χ3v) is 4.38. The standard InChI is InChI=1S/C12H29N3O2S/c1-5-13-8-7-11-18(16,17)14-9-6-10-15(4)12(2)3/h12-14H,5-11H2,1-4H3. The average molecular weight is 279 g/mol. The number of nitrogens with zero attached hydrogens (tertiary/aromatic N) is 1. The Morgan fingerprint density at radius 1 is 1.17 bits per heavy atom. The average Bonchev–Trinajstić information content (AvgIpc) is 2.30. The first-order valence-corrected chi connectivity index (χ1v) is 8.42. The van der Waals surface area contributed by atoms with E-state index < -0.39 is 10.0 Å². The summed E-state index contributed by atoms with van der Waals surface area (Å²) in [5.74, 6) is 0.208. The molecule has 0 aliphatic rings. The minimum atomic E-state index is -3.09. The van der Waals surface area contributed by atoms with Crippen molar-refractivity contribution in [2.45, 2.75) is 39.7 Å². The van der Waals surface area contributed by atoms with Gasteiger partial charge in [-0.3, -0.25) is 0 Å². The van der Waals surface area contributed by atoms with Crippen molar-refractivity contribution in [1.29, 1.82) is 0 Å². The molecule has 110 valence electrons. The molecule has 2 N–H and O–H groups in total. The fraction of sp³-hybridized carbons (Fsp3) is 1.00. The molecule has 0 rings (SSSR count). The molecule has 0 radical (unpaired) electrons. The van der Waals surface area contributed by atoms with E-state index in [-0.39, 0.29) is 5.75 Å². The van der Waals surface area contributed by atoms with Crippen LogP contribution in [0.2, 0.25) is 0 Å². The second-order valence-corrected chi connectivity index (χ2v) is 6.77. The van der Waals surface area contributed by atoms with Crippen molar-refractivity contribution in [1.82, 2.24) is 14.9 Å². The van der Waals surface area contributed by atoms with Gasteiger partial charge in [-0.05, 0) is 53.4 Å². The lowest BCUT2D eigenvalue weighted by molar-refractivity contribution is 0.271. The fourth-order valence-corrected chi connectivity index (χ4v) is 2.57. The Morgan fingerprint density at radius 2 is 1.83 bits per heavy atom. The monoisotopic (exact) mass is 279 g/mol. The lowest BCUT2D eigenvalue weighted by Crippen LogP contribution is -2.32. The Morgan fingerprint density at radius 3 is 2.39 bits per heavy atom. The third-order valence-electron chi connectivity index (χ3n) is 2.91. The summed E-state index contributed by atoms with van der Waals surface area (Å²) >= 11 is 0. The first kappa shape index (κ1) is 17.8. The maximum Gasteiger partial charge on any atom is 0.211 e. The Labute approximate surface area is 112 Å². The second kappa shape index (κ2) is 9.72. The lowest BCUT2D eigenvalue weighted by atomic mass is 10.3. The third kappa shape index (κ3) is 9.82. The molecular formula is C12H29N3O2S. The highest BCUT2D eigenvalue weighted by atomic mass is 32.2. The molecule has 0 aliphatic heterocycles. The summed E-state index contributed by atoms with van der Waals surface area (Å²) in [6, 6.07) is 0.502. The van der Waals surface area contributed by atoms with E-state index in [0.29, 0.717) is 19.0 Å². The summed E-state index contributed by atoms with van der Waals surface area (Å²) in [7, 11) is -1.04. The van der Waals surface area contributed by atoms with Gasteiger partial charge in [0.1, 0.15) is 0 Å². The van der Waals surface area contributed by atoms with Gasteiger partial charge < -0.3 is 10.2 Å². The molecular weight excluding hydrogens is 250 g/mol. The molecule has 0 saturated carbocycles. The normalized spacial score (nSPS) is 12.6. The summed E-state index contributed by atoms with van der Waals surface area (Å²) < 4.78 is 25.9. The summed E-state index contributed by atoms with van der Waals surface area (Å²) in [5.41, 5.74) is 0. The zero-order valence-corrected chi connectivity index (χ0v) is 13.0. The zero-order chi connectivity index (χ0) is 14.0. The van der Waals surface area contributed by atoms with E-state index in [0.717, 1.165) is 26.1 Å². The predicted octanol–water partition coefficient (Wildman–Crippen LogP) is 0.636. The Hall–Kier alpha value is -0.170. The van der Waals surface area contributed by atoms with Crippen molar-refractivity contribution in [3.8, 4) is 0 Å². The highest BCUT2D eigenvalue weighted by Gasteiger charge is 2.09.